The van der Waals surface area contributed by atoms with E-state index in [4.69, 9.17) is 12.2 Å². The minimum atomic E-state index is 0.689. The van der Waals surface area contributed by atoms with Gasteiger partial charge in [-0.25, -0.2) is 4.98 Å². The molecule has 0 saturated heterocycles. The van der Waals surface area contributed by atoms with Crippen LogP contribution in [0.5, 0.6) is 0 Å². The van der Waals surface area contributed by atoms with Crippen molar-refractivity contribution < 1.29 is 0 Å². The van der Waals surface area contributed by atoms with Gasteiger partial charge in [-0.05, 0) is 30.4 Å². The fraction of sp³-hybridized carbons (Fsp3) is 0.200. The van der Waals surface area contributed by atoms with E-state index in [1.807, 2.05) is 37.2 Å². The Balaban J connectivity index is 2.25. The van der Waals surface area contributed by atoms with Gasteiger partial charge in [0, 0.05) is 19.8 Å². The first kappa shape index (κ1) is 9.92. The molecule has 0 aliphatic heterocycles. The lowest BCUT2D eigenvalue weighted by Crippen LogP contribution is -2.26. The maximum Gasteiger partial charge on any atom is 0.172 e. The largest absolute Gasteiger partial charge is 0.355 e. The molecule has 0 aliphatic rings. The van der Waals surface area contributed by atoms with Crippen LogP contribution in [0.3, 0.4) is 0 Å². The van der Waals surface area contributed by atoms with Gasteiger partial charge in [0.1, 0.15) is 0 Å². The summed E-state index contributed by atoms with van der Waals surface area (Å²) in [4.78, 5) is 9.06. The standard InChI is InChI=1S/C10H12N4S/c1-14(2)10(15)13-7-3-4-8-9(5-7)12-6-11-8/h3-6H,1-2H3,(H,11,12)(H,13,15). The maximum absolute atomic E-state index is 5.15. The van der Waals surface area contributed by atoms with E-state index in [1.165, 1.54) is 0 Å². The van der Waals surface area contributed by atoms with Crippen molar-refractivity contribution in [3.63, 3.8) is 0 Å². The quantitative estimate of drug-likeness (QED) is 0.720. The second-order valence-electron chi connectivity index (χ2n) is 3.46. The SMILES string of the molecule is CN(C)C(=S)Nc1ccc2nc[nH]c2c1. The number of benzene rings is 1. The van der Waals surface area contributed by atoms with E-state index in [0.29, 0.717) is 5.11 Å². The van der Waals surface area contributed by atoms with Crippen molar-refractivity contribution in [1.82, 2.24) is 14.9 Å². The maximum atomic E-state index is 5.15. The number of hydrogen-bond donors (Lipinski definition) is 2. The molecule has 1 aromatic heterocycles. The molecular weight excluding hydrogens is 208 g/mol. The van der Waals surface area contributed by atoms with Crippen LogP contribution < -0.4 is 5.32 Å². The van der Waals surface area contributed by atoms with Crippen LogP contribution in [0.25, 0.3) is 11.0 Å². The van der Waals surface area contributed by atoms with Crippen molar-refractivity contribution in [2.24, 2.45) is 0 Å². The number of nitrogens with one attached hydrogen (secondary N) is 2. The number of imidazole rings is 1. The van der Waals surface area contributed by atoms with Crippen molar-refractivity contribution in [2.75, 3.05) is 19.4 Å². The number of aromatic nitrogens is 2. The minimum Gasteiger partial charge on any atom is -0.355 e. The molecule has 0 bridgehead atoms. The highest BCUT2D eigenvalue weighted by molar-refractivity contribution is 7.80. The van der Waals surface area contributed by atoms with Gasteiger partial charge in [0.05, 0.1) is 17.4 Å². The average Bonchev–Trinajstić information content (AvgIpc) is 2.64. The fourth-order valence-corrected chi connectivity index (χ4v) is 1.37. The van der Waals surface area contributed by atoms with E-state index < -0.39 is 0 Å². The molecule has 0 atom stereocenters. The van der Waals surface area contributed by atoms with Gasteiger partial charge >= 0.3 is 0 Å². The molecule has 1 heterocycles. The molecule has 0 spiro atoms. The molecule has 2 aromatic rings. The van der Waals surface area contributed by atoms with Gasteiger partial charge in [-0.15, -0.1) is 0 Å². The number of rotatable bonds is 1. The first-order valence-electron chi connectivity index (χ1n) is 4.58. The normalized spacial score (nSPS) is 10.3. The van der Waals surface area contributed by atoms with Crippen LogP contribution in [-0.4, -0.2) is 34.1 Å². The minimum absolute atomic E-state index is 0.689. The summed E-state index contributed by atoms with van der Waals surface area (Å²) in [6.07, 6.45) is 1.68. The molecule has 15 heavy (non-hydrogen) atoms. The zero-order chi connectivity index (χ0) is 10.8. The van der Waals surface area contributed by atoms with Gasteiger partial charge in [0.15, 0.2) is 5.11 Å². The van der Waals surface area contributed by atoms with Crippen molar-refractivity contribution in [2.45, 2.75) is 0 Å². The number of aromatic amines is 1. The number of fused-ring (bicyclic) bond motifs is 1. The van der Waals surface area contributed by atoms with Crippen LogP contribution in [0, 0.1) is 0 Å². The molecule has 2 rings (SSSR count). The van der Waals surface area contributed by atoms with E-state index in [-0.39, 0.29) is 0 Å². The summed E-state index contributed by atoms with van der Waals surface area (Å²) in [6, 6.07) is 5.89. The van der Waals surface area contributed by atoms with Crippen molar-refractivity contribution in [3.05, 3.63) is 24.5 Å². The van der Waals surface area contributed by atoms with Crippen LogP contribution in [0.2, 0.25) is 0 Å². The Morgan fingerprint density at radius 2 is 2.27 bits per heavy atom. The number of anilines is 1. The third-order valence-electron chi connectivity index (χ3n) is 2.08. The Morgan fingerprint density at radius 1 is 1.47 bits per heavy atom. The van der Waals surface area contributed by atoms with Crippen LogP contribution in [-0.2, 0) is 0 Å². The Kier molecular flexibility index (Phi) is 2.55. The van der Waals surface area contributed by atoms with Crippen LogP contribution in [0.4, 0.5) is 5.69 Å². The van der Waals surface area contributed by atoms with E-state index in [1.54, 1.807) is 6.33 Å². The van der Waals surface area contributed by atoms with E-state index in [2.05, 4.69) is 15.3 Å². The molecule has 0 saturated carbocycles. The first-order valence-corrected chi connectivity index (χ1v) is 4.99. The molecule has 5 heteroatoms. The van der Waals surface area contributed by atoms with Crippen LogP contribution in [0.1, 0.15) is 0 Å². The molecule has 0 radical (unpaired) electrons. The summed E-state index contributed by atoms with van der Waals surface area (Å²) in [7, 11) is 3.81. The van der Waals surface area contributed by atoms with Crippen LogP contribution in [0.15, 0.2) is 24.5 Å². The third kappa shape index (κ3) is 2.07. The monoisotopic (exact) mass is 220 g/mol. The summed E-state index contributed by atoms with van der Waals surface area (Å²) in [5, 5.41) is 3.82. The number of hydrogen-bond acceptors (Lipinski definition) is 2. The van der Waals surface area contributed by atoms with Gasteiger partial charge < -0.3 is 15.2 Å². The summed E-state index contributed by atoms with van der Waals surface area (Å²) in [6.45, 7) is 0. The summed E-state index contributed by atoms with van der Waals surface area (Å²) in [5.74, 6) is 0. The molecule has 78 valence electrons. The van der Waals surface area contributed by atoms with Gasteiger partial charge in [-0.1, -0.05) is 0 Å². The number of nitrogens with zero attached hydrogens (tertiary/aromatic N) is 2. The molecule has 0 unspecified atom stereocenters. The molecule has 2 N–H and O–H groups in total. The molecule has 1 aromatic carbocycles. The van der Waals surface area contributed by atoms with Gasteiger partial charge in [-0.2, -0.15) is 0 Å². The predicted molar refractivity (Wildman–Crippen MR) is 66.0 cm³/mol. The molecule has 0 amide bonds. The van der Waals surface area contributed by atoms with Crippen molar-refractivity contribution in [1.29, 1.82) is 0 Å². The van der Waals surface area contributed by atoms with Crippen LogP contribution >= 0.6 is 12.2 Å². The number of H-pyrrole nitrogens is 1. The molecule has 0 fully saturated rings. The average molecular weight is 220 g/mol. The molecule has 4 nitrogen and oxygen atoms in total. The Hall–Kier alpha value is -1.62. The smallest absolute Gasteiger partial charge is 0.172 e. The number of thiocarbonyl (C=S) groups is 1. The topological polar surface area (TPSA) is 44.0 Å². The lowest BCUT2D eigenvalue weighted by Gasteiger charge is -2.15. The molecular formula is C10H12N4S. The highest BCUT2D eigenvalue weighted by Crippen LogP contribution is 2.15. The van der Waals surface area contributed by atoms with Gasteiger partial charge in [0.25, 0.3) is 0 Å². The second-order valence-corrected chi connectivity index (χ2v) is 3.85. The van der Waals surface area contributed by atoms with E-state index >= 15 is 0 Å². The lowest BCUT2D eigenvalue weighted by molar-refractivity contribution is 0.634. The summed E-state index contributed by atoms with van der Waals surface area (Å²) < 4.78 is 0. The highest BCUT2D eigenvalue weighted by atomic mass is 32.1. The van der Waals surface area contributed by atoms with Gasteiger partial charge in [0.2, 0.25) is 0 Å². The lowest BCUT2D eigenvalue weighted by atomic mass is 10.3. The second kappa shape index (κ2) is 3.86. The first-order chi connectivity index (χ1) is 7.16. The Morgan fingerprint density at radius 3 is 3.00 bits per heavy atom. The van der Waals surface area contributed by atoms with Gasteiger partial charge in [-0.3, -0.25) is 0 Å². The van der Waals surface area contributed by atoms with Crippen molar-refractivity contribution >= 4 is 34.1 Å². The van der Waals surface area contributed by atoms with E-state index in [0.717, 1.165) is 16.7 Å². The summed E-state index contributed by atoms with van der Waals surface area (Å²) >= 11 is 5.15. The zero-order valence-electron chi connectivity index (χ0n) is 8.61. The van der Waals surface area contributed by atoms with Crippen molar-refractivity contribution in [3.8, 4) is 0 Å². The highest BCUT2D eigenvalue weighted by Gasteiger charge is 2.01. The Labute approximate surface area is 93.3 Å². The molecule has 0 aliphatic carbocycles. The predicted octanol–water partition coefficient (Wildman–Crippen LogP) is 1.82. The fourth-order valence-electron chi connectivity index (χ4n) is 1.25. The third-order valence-corrected chi connectivity index (χ3v) is 2.54. The Bertz CT molecular complexity index is 489. The van der Waals surface area contributed by atoms with E-state index in [9.17, 15) is 0 Å². The zero-order valence-corrected chi connectivity index (χ0v) is 9.43. The summed E-state index contributed by atoms with van der Waals surface area (Å²) in [5.41, 5.74) is 2.92.